The molecule has 1 aromatic heterocycles. The summed E-state index contributed by atoms with van der Waals surface area (Å²) in [6.45, 7) is 4.73. The smallest absolute Gasteiger partial charge is 0.269 e. The average Bonchev–Trinajstić information content (AvgIpc) is 3.03. The molecule has 0 fully saturated rings. The van der Waals surface area contributed by atoms with E-state index in [0.29, 0.717) is 16.8 Å². The molecule has 2 aromatic rings. The standard InChI is InChI=1S/C16H19N5O4S/c1-11(26(23,24)25)9-21-10-14(19-20-21)16(2,3)18-15(22)13-6-4-5-12(7-13)8-17/h4-7,10-11H,9H2,1-3H3,(H,18,22)(H,23,24,25). The molecule has 2 rings (SSSR count). The fourth-order valence-corrected chi connectivity index (χ4v) is 2.52. The highest BCUT2D eigenvalue weighted by molar-refractivity contribution is 7.86. The summed E-state index contributed by atoms with van der Waals surface area (Å²) in [6, 6.07) is 8.27. The van der Waals surface area contributed by atoms with Gasteiger partial charge in [0.1, 0.15) is 10.9 Å². The molecular weight excluding hydrogens is 358 g/mol. The zero-order chi connectivity index (χ0) is 19.5. The monoisotopic (exact) mass is 377 g/mol. The van der Waals surface area contributed by atoms with Crippen LogP contribution in [0.25, 0.3) is 0 Å². The second-order valence-corrected chi connectivity index (χ2v) is 8.26. The van der Waals surface area contributed by atoms with E-state index >= 15 is 0 Å². The van der Waals surface area contributed by atoms with Crippen LogP contribution in [0.1, 0.15) is 42.4 Å². The van der Waals surface area contributed by atoms with Gasteiger partial charge in [-0.1, -0.05) is 11.3 Å². The molecule has 0 aliphatic heterocycles. The fraction of sp³-hybridized carbons (Fsp3) is 0.375. The lowest BCUT2D eigenvalue weighted by Gasteiger charge is -2.23. The van der Waals surface area contributed by atoms with Crippen LogP contribution in [0.3, 0.4) is 0 Å². The van der Waals surface area contributed by atoms with Crippen molar-refractivity contribution >= 4 is 16.0 Å². The molecule has 0 aliphatic rings. The van der Waals surface area contributed by atoms with E-state index in [1.165, 1.54) is 23.9 Å². The molecular formula is C16H19N5O4S. The number of nitrogens with zero attached hydrogens (tertiary/aromatic N) is 4. The number of aromatic nitrogens is 3. The van der Waals surface area contributed by atoms with Crippen molar-refractivity contribution in [1.82, 2.24) is 20.3 Å². The summed E-state index contributed by atoms with van der Waals surface area (Å²) in [6.07, 6.45) is 1.51. The Bertz CT molecular complexity index is 959. The molecule has 0 saturated carbocycles. The van der Waals surface area contributed by atoms with Crippen molar-refractivity contribution in [3.8, 4) is 6.07 Å². The van der Waals surface area contributed by atoms with Crippen molar-refractivity contribution in [2.24, 2.45) is 0 Å². The molecule has 0 aliphatic carbocycles. The molecule has 1 atom stereocenters. The van der Waals surface area contributed by atoms with Gasteiger partial charge in [-0.3, -0.25) is 14.0 Å². The molecule has 2 N–H and O–H groups in total. The van der Waals surface area contributed by atoms with E-state index in [9.17, 15) is 13.2 Å². The Morgan fingerprint density at radius 3 is 2.77 bits per heavy atom. The van der Waals surface area contributed by atoms with Gasteiger partial charge in [0.15, 0.2) is 0 Å². The van der Waals surface area contributed by atoms with Crippen LogP contribution in [-0.4, -0.2) is 39.1 Å². The first-order valence-electron chi connectivity index (χ1n) is 7.72. The molecule has 10 heteroatoms. The third kappa shape index (κ3) is 4.65. The predicted octanol–water partition coefficient (Wildman–Crippen LogP) is 1.09. The molecule has 1 heterocycles. The van der Waals surface area contributed by atoms with Crippen molar-refractivity contribution in [1.29, 1.82) is 5.26 Å². The summed E-state index contributed by atoms with van der Waals surface area (Å²) < 4.78 is 32.5. The molecule has 1 unspecified atom stereocenters. The second-order valence-electron chi connectivity index (χ2n) is 6.42. The molecule has 0 bridgehead atoms. The summed E-state index contributed by atoms with van der Waals surface area (Å²) >= 11 is 0. The molecule has 0 spiro atoms. The molecule has 26 heavy (non-hydrogen) atoms. The summed E-state index contributed by atoms with van der Waals surface area (Å²) in [7, 11) is -4.17. The first kappa shape index (κ1) is 19.6. The van der Waals surface area contributed by atoms with Gasteiger partial charge >= 0.3 is 0 Å². The van der Waals surface area contributed by atoms with Crippen molar-refractivity contribution in [2.45, 2.75) is 38.1 Å². The maximum absolute atomic E-state index is 12.4. The normalized spacial score (nSPS) is 13.0. The second kappa shape index (κ2) is 7.23. The number of nitrogens with one attached hydrogen (secondary N) is 1. The Hall–Kier alpha value is -2.77. The fourth-order valence-electron chi connectivity index (χ4n) is 2.18. The number of rotatable bonds is 6. The maximum atomic E-state index is 12.4. The van der Waals surface area contributed by atoms with E-state index < -0.39 is 20.9 Å². The maximum Gasteiger partial charge on any atom is 0.269 e. The summed E-state index contributed by atoms with van der Waals surface area (Å²) in [5.41, 5.74) is 0.245. The van der Waals surface area contributed by atoms with Gasteiger partial charge in [0.2, 0.25) is 0 Å². The van der Waals surface area contributed by atoms with Gasteiger partial charge in [-0.05, 0) is 39.0 Å². The Kier molecular flexibility index (Phi) is 5.44. The van der Waals surface area contributed by atoms with Crippen LogP contribution >= 0.6 is 0 Å². The Morgan fingerprint density at radius 2 is 2.15 bits per heavy atom. The highest BCUT2D eigenvalue weighted by atomic mass is 32.2. The Balaban J connectivity index is 2.15. The Morgan fingerprint density at radius 1 is 1.46 bits per heavy atom. The molecule has 1 amide bonds. The predicted molar refractivity (Wildman–Crippen MR) is 92.7 cm³/mol. The van der Waals surface area contributed by atoms with E-state index in [2.05, 4.69) is 15.6 Å². The van der Waals surface area contributed by atoms with Crippen LogP contribution < -0.4 is 5.32 Å². The average molecular weight is 377 g/mol. The summed E-state index contributed by atoms with van der Waals surface area (Å²) in [5.74, 6) is -0.382. The number of carbonyl (C=O) groups is 1. The van der Waals surface area contributed by atoms with Crippen molar-refractivity contribution < 1.29 is 17.8 Å². The van der Waals surface area contributed by atoms with Crippen LogP contribution in [-0.2, 0) is 22.2 Å². The van der Waals surface area contributed by atoms with Crippen LogP contribution in [0, 0.1) is 11.3 Å². The quantitative estimate of drug-likeness (QED) is 0.719. The van der Waals surface area contributed by atoms with Gasteiger partial charge in [0, 0.05) is 5.56 Å². The Labute approximate surface area is 151 Å². The van der Waals surface area contributed by atoms with Crippen LogP contribution in [0.4, 0.5) is 0 Å². The number of hydrogen-bond donors (Lipinski definition) is 2. The zero-order valence-corrected chi connectivity index (χ0v) is 15.4. The zero-order valence-electron chi connectivity index (χ0n) is 14.5. The van der Waals surface area contributed by atoms with Gasteiger partial charge in [0.05, 0.1) is 29.9 Å². The van der Waals surface area contributed by atoms with E-state index in [0.717, 1.165) is 0 Å². The minimum atomic E-state index is -4.17. The number of hydrogen-bond acceptors (Lipinski definition) is 6. The van der Waals surface area contributed by atoms with Gasteiger partial charge in [-0.15, -0.1) is 5.10 Å². The van der Waals surface area contributed by atoms with Crippen LogP contribution in [0.15, 0.2) is 30.5 Å². The summed E-state index contributed by atoms with van der Waals surface area (Å²) in [5, 5.41) is 18.5. The van der Waals surface area contributed by atoms with Gasteiger partial charge in [-0.2, -0.15) is 13.7 Å². The van der Waals surface area contributed by atoms with Crippen LogP contribution in [0.2, 0.25) is 0 Å². The van der Waals surface area contributed by atoms with Crippen LogP contribution in [0.5, 0.6) is 0 Å². The van der Waals surface area contributed by atoms with E-state index in [4.69, 9.17) is 9.81 Å². The third-order valence-corrected chi connectivity index (χ3v) is 4.98. The highest BCUT2D eigenvalue weighted by Crippen LogP contribution is 2.18. The molecule has 0 radical (unpaired) electrons. The molecule has 138 valence electrons. The SMILES string of the molecule is CC(Cn1cc(C(C)(C)NC(=O)c2cccc(C#N)c2)nn1)S(=O)(=O)O. The van der Waals surface area contributed by atoms with Gasteiger partial charge < -0.3 is 5.32 Å². The molecule has 1 aromatic carbocycles. The van der Waals surface area contributed by atoms with E-state index in [1.807, 2.05) is 6.07 Å². The van der Waals surface area contributed by atoms with E-state index in [1.54, 1.807) is 32.0 Å². The largest absolute Gasteiger partial charge is 0.341 e. The first-order chi connectivity index (χ1) is 12.0. The number of carbonyl (C=O) groups excluding carboxylic acids is 1. The van der Waals surface area contributed by atoms with Gasteiger partial charge in [-0.25, -0.2) is 0 Å². The number of amides is 1. The molecule has 0 saturated heterocycles. The number of benzene rings is 1. The minimum absolute atomic E-state index is 0.0694. The third-order valence-electron chi connectivity index (χ3n) is 3.81. The minimum Gasteiger partial charge on any atom is -0.341 e. The van der Waals surface area contributed by atoms with Gasteiger partial charge in [0.25, 0.3) is 16.0 Å². The highest BCUT2D eigenvalue weighted by Gasteiger charge is 2.28. The molecule has 9 nitrogen and oxygen atoms in total. The number of nitriles is 1. The topological polar surface area (TPSA) is 138 Å². The summed E-state index contributed by atoms with van der Waals surface area (Å²) in [4.78, 5) is 12.4. The first-order valence-corrected chi connectivity index (χ1v) is 9.23. The lowest BCUT2D eigenvalue weighted by molar-refractivity contribution is 0.0910. The van der Waals surface area contributed by atoms with Crippen molar-refractivity contribution in [2.75, 3.05) is 0 Å². The lowest BCUT2D eigenvalue weighted by Crippen LogP contribution is -2.41. The van der Waals surface area contributed by atoms with E-state index in [-0.39, 0.29) is 12.5 Å². The van der Waals surface area contributed by atoms with Crippen molar-refractivity contribution in [3.63, 3.8) is 0 Å². The lowest BCUT2D eigenvalue weighted by atomic mass is 10.0. The van der Waals surface area contributed by atoms with Crippen molar-refractivity contribution in [3.05, 3.63) is 47.3 Å².